The molecule has 0 aliphatic carbocycles. The molecule has 6 N–H and O–H groups in total. The first-order valence-corrected chi connectivity index (χ1v) is 32.6. The Kier molecular flexibility index (Phi) is 29.1. The Morgan fingerprint density at radius 1 is 0.554 bits per heavy atom. The number of nitrogens with zero attached hydrogens (tertiary/aromatic N) is 6. The molecule has 4 aromatic rings. The number of aromatic nitrogens is 4. The van der Waals surface area contributed by atoms with Crippen LogP contribution in [0.25, 0.3) is 0 Å². The quantitative estimate of drug-likeness (QED) is 0.0430. The van der Waals surface area contributed by atoms with E-state index in [-0.39, 0.29) is 72.4 Å². The number of halogens is 1. The lowest BCUT2D eigenvalue weighted by Gasteiger charge is -2.38. The number of benzene rings is 2. The zero-order chi connectivity index (χ0) is 65.0. The topological polar surface area (TPSA) is 304 Å². The number of hydrogen-bond donors (Lipinski definition) is 6. The number of likely N-dealkylation sites (tertiary alicyclic amines) is 2. The van der Waals surface area contributed by atoms with Crippen molar-refractivity contribution >= 4 is 53.7 Å². The molecule has 2 aromatic heterocycles. The van der Waals surface area contributed by atoms with Crippen molar-refractivity contribution in [3.8, 4) is 0 Å². The lowest BCUT2D eigenvalue weighted by Crippen LogP contribution is -2.54. The van der Waals surface area contributed by atoms with Crippen LogP contribution in [0, 0.1) is 27.7 Å². The summed E-state index contributed by atoms with van der Waals surface area (Å²) in [6, 6.07) is 18.8. The van der Waals surface area contributed by atoms with E-state index < -0.39 is 36.4 Å². The van der Waals surface area contributed by atoms with Gasteiger partial charge in [-0.05, 0) is 142 Å². The van der Waals surface area contributed by atoms with Crippen molar-refractivity contribution in [3.63, 3.8) is 0 Å². The van der Waals surface area contributed by atoms with E-state index in [2.05, 4.69) is 92.9 Å². The monoisotopic (exact) mass is 1390 g/mol. The van der Waals surface area contributed by atoms with Crippen LogP contribution < -0.4 is 10.6 Å². The first-order valence-electron chi connectivity index (χ1n) is 32.6. The van der Waals surface area contributed by atoms with Crippen molar-refractivity contribution in [2.75, 3.05) is 66.8 Å². The normalized spacial score (nSPS) is 24.0. The Bertz CT molecular complexity index is 2810. The number of hydrogen-bond acceptors (Lipinski definition) is 18. The SMILES string of the molecule is CO[C@H]1COCC[C@H]1NC1CCN(C(=O)c2ncnc(CC[C@H]3CCC[C@@H](c4ccc(C)cc4)O3)c2C)CC1.CO[C@H]1COCC[C@H]1NC1CCN(C(=O)c2ncnc(CC[C@H]3CCC[C@@H](c4ccc(C)cc4)O3)c2C)CC1.I.O=C(O)CC(O)(CC(=O)O)C(=O)O. The Morgan fingerprint density at radius 3 is 1.28 bits per heavy atom. The molecular weight excluding hydrogens is 1300 g/mol. The van der Waals surface area contributed by atoms with Crippen LogP contribution in [-0.4, -0.2) is 201 Å². The molecule has 6 aliphatic heterocycles. The highest BCUT2D eigenvalue weighted by atomic mass is 127. The predicted octanol–water partition coefficient (Wildman–Crippen LogP) is 8.04. The van der Waals surface area contributed by atoms with Crippen molar-refractivity contribution in [2.24, 2.45) is 0 Å². The fourth-order valence-electron chi connectivity index (χ4n) is 13.2. The van der Waals surface area contributed by atoms with Crippen molar-refractivity contribution in [1.82, 2.24) is 40.4 Å². The van der Waals surface area contributed by atoms with Crippen molar-refractivity contribution in [3.05, 3.63) is 117 Å². The minimum absolute atomic E-state index is 0. The Morgan fingerprint density at radius 2 is 0.935 bits per heavy atom. The zero-order valence-corrected chi connectivity index (χ0v) is 56.6. The van der Waals surface area contributed by atoms with E-state index in [0.29, 0.717) is 48.8 Å². The van der Waals surface area contributed by atoms with Gasteiger partial charge in [0.05, 0.1) is 62.7 Å². The second kappa shape index (κ2) is 36.3. The summed E-state index contributed by atoms with van der Waals surface area (Å²) in [6.45, 7) is 13.9. The molecule has 0 spiro atoms. The van der Waals surface area contributed by atoms with E-state index in [0.717, 1.165) is 152 Å². The number of carbonyl (C=O) groups is 5. The molecule has 6 saturated heterocycles. The third-order valence-electron chi connectivity index (χ3n) is 18.7. The highest BCUT2D eigenvalue weighted by Gasteiger charge is 2.41. The summed E-state index contributed by atoms with van der Waals surface area (Å²) in [7, 11) is 3.50. The fraction of sp³-hybridized carbons (Fsp3) is 0.632. The second-order valence-electron chi connectivity index (χ2n) is 25.3. The molecule has 0 saturated carbocycles. The van der Waals surface area contributed by atoms with Gasteiger partial charge in [-0.2, -0.15) is 0 Å². The molecule has 23 nitrogen and oxygen atoms in total. The summed E-state index contributed by atoms with van der Waals surface area (Å²) in [5, 5.41) is 41.3. The first kappa shape index (κ1) is 73.7. The van der Waals surface area contributed by atoms with Gasteiger partial charge < -0.3 is 69.3 Å². The lowest BCUT2D eigenvalue weighted by molar-refractivity contribution is -0.170. The molecule has 506 valence electrons. The number of amides is 2. The molecule has 8 atom stereocenters. The average Bonchev–Trinajstić information content (AvgIpc) is 0.868. The van der Waals surface area contributed by atoms with Crippen LogP contribution in [0.3, 0.4) is 0 Å². The number of carboxylic acid groups (broad SMARTS) is 3. The number of rotatable bonds is 21. The van der Waals surface area contributed by atoms with Gasteiger partial charge in [0.2, 0.25) is 0 Å². The molecule has 2 aromatic carbocycles. The van der Waals surface area contributed by atoms with E-state index in [9.17, 15) is 24.0 Å². The van der Waals surface area contributed by atoms with Gasteiger partial charge in [-0.1, -0.05) is 59.7 Å². The number of carbonyl (C=O) groups excluding carboxylic acids is 2. The molecule has 2 amide bonds. The predicted molar refractivity (Wildman–Crippen MR) is 352 cm³/mol. The molecule has 10 rings (SSSR count). The van der Waals surface area contributed by atoms with Crippen LogP contribution in [0.1, 0.15) is 181 Å². The molecular formula is C68H97IN8O15. The van der Waals surface area contributed by atoms with E-state index in [4.69, 9.17) is 48.8 Å². The minimum atomic E-state index is -2.74. The third-order valence-corrected chi connectivity index (χ3v) is 18.7. The van der Waals surface area contributed by atoms with E-state index in [1.165, 1.54) is 35.1 Å². The smallest absolute Gasteiger partial charge is 0.336 e. The number of carboxylic acids is 3. The van der Waals surface area contributed by atoms with Crippen LogP contribution in [0.4, 0.5) is 0 Å². The standard InChI is InChI=1S/2C31H44N4O4.C6H8O7.HI/c2*1-21-7-9-23(10-8-21)28-6-4-5-25(39-28)11-12-26-22(2)30(33-20-32-26)31(36)35-16-13-24(14-17-35)34-27-15-18-38-19-29(27)37-3;7-3(8)1-6(13,5(11)12)2-4(9)10;/h2*7-10,20,24-25,27-29,34H,4-6,11-19H2,1-3H3;13H,1-2H2,(H,7,8)(H,9,10)(H,11,12);1H/t2*25-,27-,28+,29+;;/m11../s1. The van der Waals surface area contributed by atoms with E-state index in [1.54, 1.807) is 26.9 Å². The van der Waals surface area contributed by atoms with Gasteiger partial charge in [0.15, 0.2) is 5.60 Å². The van der Waals surface area contributed by atoms with Gasteiger partial charge in [0.1, 0.15) is 24.0 Å². The molecule has 92 heavy (non-hydrogen) atoms. The van der Waals surface area contributed by atoms with Gasteiger partial charge in [-0.25, -0.2) is 24.7 Å². The molecule has 24 heteroatoms. The summed E-state index contributed by atoms with van der Waals surface area (Å²) in [6.07, 6.45) is 17.4. The molecule has 6 aliphatic rings. The molecule has 8 heterocycles. The minimum Gasteiger partial charge on any atom is -0.481 e. The second-order valence-corrected chi connectivity index (χ2v) is 25.3. The van der Waals surface area contributed by atoms with Crippen molar-refractivity contribution in [2.45, 2.75) is 210 Å². The lowest BCUT2D eigenvalue weighted by atomic mass is 9.95. The number of methoxy groups -OCH3 is 2. The molecule has 6 fully saturated rings. The van der Waals surface area contributed by atoms with Crippen LogP contribution >= 0.6 is 24.0 Å². The van der Waals surface area contributed by atoms with Gasteiger partial charge in [-0.3, -0.25) is 19.2 Å². The van der Waals surface area contributed by atoms with Crippen LogP contribution in [0.2, 0.25) is 0 Å². The zero-order valence-electron chi connectivity index (χ0n) is 54.3. The number of aryl methyl sites for hydroxylation is 4. The molecule has 0 bridgehead atoms. The van der Waals surface area contributed by atoms with Crippen molar-refractivity contribution < 1.29 is 72.8 Å². The maximum atomic E-state index is 13.5. The maximum absolute atomic E-state index is 13.5. The number of aliphatic hydroxyl groups is 1. The van der Waals surface area contributed by atoms with Crippen LogP contribution in [0.15, 0.2) is 61.2 Å². The number of aliphatic carboxylic acids is 3. The molecule has 0 radical (unpaired) electrons. The first-order chi connectivity index (χ1) is 43.8. The average molecular weight is 1390 g/mol. The van der Waals surface area contributed by atoms with Crippen molar-refractivity contribution in [1.29, 1.82) is 0 Å². The van der Waals surface area contributed by atoms with E-state index in [1.807, 2.05) is 23.6 Å². The summed E-state index contributed by atoms with van der Waals surface area (Å²) in [5.41, 5.74) is 7.12. The Labute approximate surface area is 557 Å². The summed E-state index contributed by atoms with van der Waals surface area (Å²) in [5.74, 6) is -4.98. The highest BCUT2D eigenvalue weighted by molar-refractivity contribution is 14.0. The fourth-order valence-corrected chi connectivity index (χ4v) is 13.2. The van der Waals surface area contributed by atoms with Gasteiger partial charge in [0, 0.05) is 100 Å². The van der Waals surface area contributed by atoms with E-state index >= 15 is 0 Å². The molecule has 0 unspecified atom stereocenters. The number of piperidine rings is 2. The van der Waals surface area contributed by atoms with Gasteiger partial charge in [-0.15, -0.1) is 24.0 Å². The van der Waals surface area contributed by atoms with Gasteiger partial charge in [0.25, 0.3) is 11.8 Å². The largest absolute Gasteiger partial charge is 0.481 e. The highest BCUT2D eigenvalue weighted by Crippen LogP contribution is 2.35. The summed E-state index contributed by atoms with van der Waals surface area (Å²) in [4.78, 5) is 79.3. The van der Waals surface area contributed by atoms with Crippen LogP contribution in [0.5, 0.6) is 0 Å². The maximum Gasteiger partial charge on any atom is 0.336 e. The van der Waals surface area contributed by atoms with Crippen LogP contribution in [-0.2, 0) is 55.6 Å². The Balaban J connectivity index is 0.000000217. The van der Waals surface area contributed by atoms with Gasteiger partial charge >= 0.3 is 17.9 Å². The summed E-state index contributed by atoms with van der Waals surface area (Å²) < 4.78 is 35.3. The Hall–Kier alpha value is -5.68. The number of nitrogens with one attached hydrogen (secondary N) is 2. The third kappa shape index (κ3) is 21.2. The number of ether oxygens (including phenoxy) is 6. The summed E-state index contributed by atoms with van der Waals surface area (Å²) >= 11 is 0.